The van der Waals surface area contributed by atoms with Gasteiger partial charge in [-0.2, -0.15) is 0 Å². The molecule has 0 spiro atoms. The van der Waals surface area contributed by atoms with Crippen molar-refractivity contribution in [2.75, 3.05) is 37.4 Å². The smallest absolute Gasteiger partial charge is 0.330 e. The van der Waals surface area contributed by atoms with Crippen molar-refractivity contribution in [2.24, 2.45) is 5.92 Å². The third-order valence-electron chi connectivity index (χ3n) is 5.76. The van der Waals surface area contributed by atoms with Crippen LogP contribution in [0.1, 0.15) is 37.8 Å². The molecule has 1 fully saturated rings. The number of nitrogens with two attached hydrogens (primary N) is 1. The molecule has 3 N–H and O–H groups in total. The van der Waals surface area contributed by atoms with Gasteiger partial charge in [0, 0.05) is 32.8 Å². The third kappa shape index (κ3) is 6.33. The Morgan fingerprint density at radius 1 is 1.24 bits per heavy atom. The van der Waals surface area contributed by atoms with E-state index in [9.17, 15) is 14.4 Å². The Labute approximate surface area is 194 Å². The van der Waals surface area contributed by atoms with Crippen LogP contribution >= 0.6 is 0 Å². The van der Waals surface area contributed by atoms with Crippen molar-refractivity contribution < 1.29 is 9.53 Å². The Kier molecular flexibility index (Phi) is 8.10. The normalized spacial score (nSPS) is 13.6. The molecule has 1 aromatic carbocycles. The molecule has 9 nitrogen and oxygen atoms in total. The number of hydrogen-bond acceptors (Lipinski definition) is 6. The maximum atomic E-state index is 13.5. The second kappa shape index (κ2) is 10.8. The summed E-state index contributed by atoms with van der Waals surface area (Å²) in [4.78, 5) is 44.4. The summed E-state index contributed by atoms with van der Waals surface area (Å²) < 4.78 is 6.50. The van der Waals surface area contributed by atoms with Crippen molar-refractivity contribution in [2.45, 2.75) is 52.7 Å². The van der Waals surface area contributed by atoms with Gasteiger partial charge in [0.1, 0.15) is 5.82 Å². The number of H-pyrrole nitrogens is 1. The van der Waals surface area contributed by atoms with Gasteiger partial charge in [0.05, 0.1) is 13.2 Å². The van der Waals surface area contributed by atoms with Crippen molar-refractivity contribution in [3.8, 4) is 0 Å². The van der Waals surface area contributed by atoms with Gasteiger partial charge in [-0.25, -0.2) is 4.79 Å². The van der Waals surface area contributed by atoms with E-state index in [0.29, 0.717) is 19.1 Å². The Hall–Kier alpha value is -2.91. The van der Waals surface area contributed by atoms with Crippen LogP contribution in [-0.4, -0.2) is 53.2 Å². The molecular weight excluding hydrogens is 422 g/mol. The first-order valence-electron chi connectivity index (χ1n) is 11.4. The number of anilines is 2. The summed E-state index contributed by atoms with van der Waals surface area (Å²) in [5, 5.41) is 0. The van der Waals surface area contributed by atoms with Crippen LogP contribution in [0, 0.1) is 12.8 Å². The van der Waals surface area contributed by atoms with Gasteiger partial charge in [0.25, 0.3) is 5.56 Å². The van der Waals surface area contributed by atoms with E-state index in [4.69, 9.17) is 10.5 Å². The zero-order valence-corrected chi connectivity index (χ0v) is 20.0. The SMILES string of the molecule is COCCN(C(=O)CN(Cc1ccc(C)cc1)C1CC1)c1c(N)n(CC(C)C)c(=O)[nH]c1=O. The van der Waals surface area contributed by atoms with Crippen LogP contribution in [0.3, 0.4) is 0 Å². The lowest BCUT2D eigenvalue weighted by Gasteiger charge is -2.28. The summed E-state index contributed by atoms with van der Waals surface area (Å²) in [7, 11) is 1.53. The maximum absolute atomic E-state index is 13.5. The Balaban J connectivity index is 1.90. The number of nitrogen functional groups attached to an aromatic ring is 1. The molecule has 0 radical (unpaired) electrons. The molecular formula is C24H35N5O4. The van der Waals surface area contributed by atoms with E-state index < -0.39 is 11.2 Å². The first-order valence-corrected chi connectivity index (χ1v) is 11.4. The van der Waals surface area contributed by atoms with Crippen molar-refractivity contribution >= 4 is 17.4 Å². The van der Waals surface area contributed by atoms with E-state index in [1.165, 1.54) is 22.1 Å². The van der Waals surface area contributed by atoms with Gasteiger partial charge < -0.3 is 15.4 Å². The molecule has 1 aliphatic carbocycles. The highest BCUT2D eigenvalue weighted by Crippen LogP contribution is 2.29. The molecule has 1 aromatic heterocycles. The monoisotopic (exact) mass is 457 g/mol. The largest absolute Gasteiger partial charge is 0.383 e. The van der Waals surface area contributed by atoms with Crippen molar-refractivity contribution in [1.82, 2.24) is 14.5 Å². The molecule has 1 amide bonds. The van der Waals surface area contributed by atoms with Gasteiger partial charge in [0.2, 0.25) is 5.91 Å². The average molecular weight is 458 g/mol. The number of aromatic amines is 1. The van der Waals surface area contributed by atoms with Crippen molar-refractivity contribution in [1.29, 1.82) is 0 Å². The standard InChI is InChI=1S/C24H35N5O4/c1-16(2)13-29-22(25)21(23(31)26-24(29)32)28(11-12-33-4)20(30)15-27(19-9-10-19)14-18-7-5-17(3)6-8-18/h5-8,16,19H,9-15,25H2,1-4H3,(H,26,31,32). The quantitative estimate of drug-likeness (QED) is 0.531. The van der Waals surface area contributed by atoms with Gasteiger partial charge in [-0.1, -0.05) is 43.7 Å². The van der Waals surface area contributed by atoms with Crippen LogP contribution < -0.4 is 21.9 Å². The number of nitrogens with one attached hydrogen (secondary N) is 1. The fourth-order valence-electron chi connectivity index (χ4n) is 3.87. The lowest BCUT2D eigenvalue weighted by Crippen LogP contribution is -2.46. The summed E-state index contributed by atoms with van der Waals surface area (Å²) in [6.45, 7) is 7.45. The molecule has 0 aliphatic heterocycles. The van der Waals surface area contributed by atoms with E-state index in [1.807, 2.05) is 20.8 Å². The van der Waals surface area contributed by atoms with Crippen molar-refractivity contribution in [3.63, 3.8) is 0 Å². The molecule has 2 aromatic rings. The lowest BCUT2D eigenvalue weighted by atomic mass is 10.1. The third-order valence-corrected chi connectivity index (χ3v) is 5.76. The predicted molar refractivity (Wildman–Crippen MR) is 129 cm³/mol. The number of ether oxygens (including phenoxy) is 1. The zero-order valence-electron chi connectivity index (χ0n) is 20.0. The number of rotatable bonds is 11. The molecule has 33 heavy (non-hydrogen) atoms. The van der Waals surface area contributed by atoms with Crippen LogP contribution in [0.4, 0.5) is 11.5 Å². The number of hydrogen-bond donors (Lipinski definition) is 2. The van der Waals surface area contributed by atoms with E-state index in [0.717, 1.165) is 18.4 Å². The number of carbonyl (C=O) groups is 1. The number of benzene rings is 1. The summed E-state index contributed by atoms with van der Waals surface area (Å²) in [5.41, 5.74) is 7.35. The number of aromatic nitrogens is 2. The molecule has 9 heteroatoms. The van der Waals surface area contributed by atoms with Crippen LogP contribution in [0.2, 0.25) is 0 Å². The Morgan fingerprint density at radius 2 is 1.91 bits per heavy atom. The molecule has 3 rings (SSSR count). The molecule has 0 atom stereocenters. The van der Waals surface area contributed by atoms with Gasteiger partial charge >= 0.3 is 5.69 Å². The fourth-order valence-corrected chi connectivity index (χ4v) is 3.87. The highest BCUT2D eigenvalue weighted by molar-refractivity contribution is 5.96. The van der Waals surface area contributed by atoms with E-state index in [-0.39, 0.29) is 43.0 Å². The zero-order chi connectivity index (χ0) is 24.1. The Bertz CT molecular complexity index is 1070. The Morgan fingerprint density at radius 3 is 2.48 bits per heavy atom. The second-order valence-electron chi connectivity index (χ2n) is 9.16. The molecule has 1 saturated carbocycles. The van der Waals surface area contributed by atoms with Crippen LogP contribution in [0.15, 0.2) is 33.9 Å². The van der Waals surface area contributed by atoms with Gasteiger partial charge in [0.15, 0.2) is 5.69 Å². The van der Waals surface area contributed by atoms with E-state index >= 15 is 0 Å². The molecule has 180 valence electrons. The first-order chi connectivity index (χ1) is 15.7. The molecule has 0 bridgehead atoms. The van der Waals surface area contributed by atoms with Crippen LogP contribution in [0.5, 0.6) is 0 Å². The molecule has 1 heterocycles. The minimum absolute atomic E-state index is 0.00147. The summed E-state index contributed by atoms with van der Waals surface area (Å²) in [5.74, 6) is -0.122. The average Bonchev–Trinajstić information content (AvgIpc) is 3.59. The van der Waals surface area contributed by atoms with E-state index in [1.54, 1.807) is 0 Å². The lowest BCUT2D eigenvalue weighted by molar-refractivity contribution is -0.120. The number of aryl methyl sites for hydroxylation is 1. The highest BCUT2D eigenvalue weighted by Gasteiger charge is 2.33. The highest BCUT2D eigenvalue weighted by atomic mass is 16.5. The van der Waals surface area contributed by atoms with Gasteiger partial charge in [-0.15, -0.1) is 0 Å². The van der Waals surface area contributed by atoms with Crippen molar-refractivity contribution in [3.05, 3.63) is 56.2 Å². The first kappa shape index (κ1) is 24.7. The molecule has 0 saturated heterocycles. The fraction of sp³-hybridized carbons (Fsp3) is 0.542. The van der Waals surface area contributed by atoms with Gasteiger partial charge in [-0.05, 0) is 31.2 Å². The summed E-state index contributed by atoms with van der Waals surface area (Å²) in [6.07, 6.45) is 2.08. The topological polar surface area (TPSA) is 114 Å². The number of nitrogens with zero attached hydrogens (tertiary/aromatic N) is 3. The van der Waals surface area contributed by atoms with E-state index in [2.05, 4.69) is 34.1 Å². The molecule has 1 aliphatic rings. The number of amides is 1. The second-order valence-corrected chi connectivity index (χ2v) is 9.16. The summed E-state index contributed by atoms with van der Waals surface area (Å²) >= 11 is 0. The number of methoxy groups -OCH3 is 1. The minimum Gasteiger partial charge on any atom is -0.383 e. The number of carbonyl (C=O) groups excluding carboxylic acids is 1. The maximum Gasteiger partial charge on any atom is 0.330 e. The predicted octanol–water partition coefficient (Wildman–Crippen LogP) is 1.73. The van der Waals surface area contributed by atoms with Crippen LogP contribution in [-0.2, 0) is 22.6 Å². The summed E-state index contributed by atoms with van der Waals surface area (Å²) in [6, 6.07) is 8.60. The molecule has 0 unspecified atom stereocenters. The minimum atomic E-state index is -0.668. The van der Waals surface area contributed by atoms with Crippen LogP contribution in [0.25, 0.3) is 0 Å². The van der Waals surface area contributed by atoms with Gasteiger partial charge in [-0.3, -0.25) is 24.0 Å².